The van der Waals surface area contributed by atoms with Crippen LogP contribution in [-0.2, 0) is 0 Å². The number of nitrogens with two attached hydrogens (primary N) is 2. The van der Waals surface area contributed by atoms with Crippen LogP contribution in [0.25, 0.3) is 44.5 Å². The lowest BCUT2D eigenvalue weighted by atomic mass is 9.88. The van der Waals surface area contributed by atoms with Crippen LogP contribution in [0.2, 0.25) is 10.0 Å². The van der Waals surface area contributed by atoms with Gasteiger partial charge in [0.2, 0.25) is 0 Å². The largest absolute Gasteiger partial charge is 0.508 e. The molecule has 0 unspecified atom stereocenters. The highest BCUT2D eigenvalue weighted by atomic mass is 35.5. The lowest BCUT2D eigenvalue weighted by molar-refractivity contribution is 0.318. The molecule has 52 heavy (non-hydrogen) atoms. The van der Waals surface area contributed by atoms with E-state index in [-0.39, 0.29) is 38.8 Å². The highest BCUT2D eigenvalue weighted by molar-refractivity contribution is 6.31. The third-order valence-electron chi connectivity index (χ3n) is 8.10. The van der Waals surface area contributed by atoms with Crippen molar-refractivity contribution in [1.82, 2.24) is 0 Å². The monoisotopic (exact) mass is 740 g/mol. The zero-order valence-corrected chi connectivity index (χ0v) is 29.3. The molecule has 0 fully saturated rings. The Bertz CT molecular complexity index is 2330. The molecule has 0 aliphatic heterocycles. The molecule has 0 heterocycles. The predicted octanol–water partition coefficient (Wildman–Crippen LogP) is 9.84. The zero-order valence-electron chi connectivity index (χ0n) is 27.7. The fraction of sp³-hybridized carbons (Fsp3) is 0.0500. The van der Waals surface area contributed by atoms with E-state index in [9.17, 15) is 29.4 Å². The molecule has 0 bridgehead atoms. The number of halogens is 4. The van der Waals surface area contributed by atoms with Crippen molar-refractivity contribution in [2.24, 2.45) is 21.8 Å². The maximum Gasteiger partial charge on any atom is 0.170 e. The van der Waals surface area contributed by atoms with E-state index in [2.05, 4.69) is 10.3 Å². The quantitative estimate of drug-likeness (QED) is 0.0432. The summed E-state index contributed by atoms with van der Waals surface area (Å²) in [6.07, 6.45) is 0. The summed E-state index contributed by atoms with van der Waals surface area (Å²) in [5.41, 5.74) is 19.2. The molecule has 0 saturated carbocycles. The molecule has 264 valence electrons. The molecule has 0 aliphatic carbocycles. The van der Waals surface area contributed by atoms with Crippen molar-refractivity contribution in [3.8, 4) is 56.0 Å². The van der Waals surface area contributed by atoms with Crippen molar-refractivity contribution in [2.75, 3.05) is 0 Å². The molecule has 6 aromatic carbocycles. The van der Waals surface area contributed by atoms with E-state index < -0.39 is 11.6 Å². The van der Waals surface area contributed by atoms with Gasteiger partial charge in [-0.1, -0.05) is 76.0 Å². The second-order valence-corrected chi connectivity index (χ2v) is 12.6. The van der Waals surface area contributed by atoms with Crippen LogP contribution in [0.1, 0.15) is 22.3 Å². The number of amidine groups is 2. The van der Waals surface area contributed by atoms with Crippen LogP contribution in [-0.4, -0.2) is 32.3 Å². The summed E-state index contributed by atoms with van der Waals surface area (Å²) in [5, 5.41) is 43.9. The Kier molecular flexibility index (Phi) is 11.3. The van der Waals surface area contributed by atoms with Gasteiger partial charge in [-0.3, -0.25) is 0 Å². The van der Waals surface area contributed by atoms with E-state index in [4.69, 9.17) is 34.7 Å². The Morgan fingerprint density at radius 3 is 1.46 bits per heavy atom. The van der Waals surface area contributed by atoms with Gasteiger partial charge in [0.25, 0.3) is 0 Å². The number of nitrogens with zero attached hydrogens (tertiary/aromatic N) is 2. The normalized spacial score (nSPS) is 11.6. The van der Waals surface area contributed by atoms with Crippen LogP contribution in [0.3, 0.4) is 0 Å². The van der Waals surface area contributed by atoms with Gasteiger partial charge in [-0.05, 0) is 120 Å². The molecule has 8 N–H and O–H groups in total. The summed E-state index contributed by atoms with van der Waals surface area (Å²) in [7, 11) is 0. The first-order valence-electron chi connectivity index (χ1n) is 15.6. The summed E-state index contributed by atoms with van der Waals surface area (Å²) in [4.78, 5) is 0. The predicted molar refractivity (Wildman–Crippen MR) is 202 cm³/mol. The van der Waals surface area contributed by atoms with Gasteiger partial charge in [0.05, 0.1) is 5.02 Å². The van der Waals surface area contributed by atoms with Crippen molar-refractivity contribution in [3.63, 3.8) is 0 Å². The average Bonchev–Trinajstić information content (AvgIpc) is 3.12. The van der Waals surface area contributed by atoms with Gasteiger partial charge < -0.3 is 32.1 Å². The molecule has 0 spiro atoms. The highest BCUT2D eigenvalue weighted by Gasteiger charge is 2.20. The van der Waals surface area contributed by atoms with Crippen molar-refractivity contribution < 1.29 is 29.4 Å². The Morgan fingerprint density at radius 2 is 1.00 bits per heavy atom. The topological polar surface area (TPSA) is 158 Å². The summed E-state index contributed by atoms with van der Waals surface area (Å²) in [6, 6.07) is 29.2. The fourth-order valence-corrected chi connectivity index (χ4v) is 6.04. The fourth-order valence-electron chi connectivity index (χ4n) is 5.77. The second kappa shape index (κ2) is 15.8. The van der Waals surface area contributed by atoms with Gasteiger partial charge in [-0.25, -0.2) is 8.78 Å². The standard InChI is InChI=1S/2C20H16ClFN2O2/c1-11-8-15(12-2-5-14(25)6-3-12)19(16(9-11)20(23)24-26)13-4-7-17(21)18(22)10-13;1-11-8-16(12-2-5-14(25)6-3-12)19(17(9-11)20(23)24-26)15-7-4-13(21)10-18(15)22/h2*2-10,25-26H,1H3,(H2,23,24). The number of hydrogen-bond acceptors (Lipinski definition) is 6. The Balaban J connectivity index is 0.000000201. The summed E-state index contributed by atoms with van der Waals surface area (Å²) in [6.45, 7) is 3.74. The Morgan fingerprint density at radius 1 is 0.538 bits per heavy atom. The van der Waals surface area contributed by atoms with Crippen molar-refractivity contribution in [3.05, 3.63) is 153 Å². The highest BCUT2D eigenvalue weighted by Crippen LogP contribution is 2.40. The number of hydrogen-bond donors (Lipinski definition) is 6. The number of oxime groups is 2. The van der Waals surface area contributed by atoms with E-state index in [0.29, 0.717) is 33.4 Å². The average molecular weight is 742 g/mol. The molecule has 6 aromatic rings. The number of benzene rings is 6. The lowest BCUT2D eigenvalue weighted by Crippen LogP contribution is -2.15. The van der Waals surface area contributed by atoms with Gasteiger partial charge in [0.1, 0.15) is 23.1 Å². The van der Waals surface area contributed by atoms with Crippen molar-refractivity contribution >= 4 is 34.9 Å². The van der Waals surface area contributed by atoms with Crippen molar-refractivity contribution in [2.45, 2.75) is 13.8 Å². The third-order valence-corrected chi connectivity index (χ3v) is 8.64. The molecule has 0 radical (unpaired) electrons. The van der Waals surface area contributed by atoms with Crippen molar-refractivity contribution in [1.29, 1.82) is 0 Å². The minimum Gasteiger partial charge on any atom is -0.508 e. The molecular weight excluding hydrogens is 709 g/mol. The summed E-state index contributed by atoms with van der Waals surface area (Å²) < 4.78 is 28.7. The molecule has 8 nitrogen and oxygen atoms in total. The zero-order chi connectivity index (χ0) is 37.7. The van der Waals surface area contributed by atoms with E-state index in [1.807, 2.05) is 26.0 Å². The second-order valence-electron chi connectivity index (χ2n) is 11.8. The first kappa shape index (κ1) is 37.2. The minimum atomic E-state index is -0.563. The number of aryl methyl sites for hydroxylation is 2. The number of phenolic OH excluding ortho intramolecular Hbond substituents is 2. The van der Waals surface area contributed by atoms with Crippen LogP contribution in [0, 0.1) is 25.5 Å². The van der Waals surface area contributed by atoms with E-state index >= 15 is 0 Å². The van der Waals surface area contributed by atoms with E-state index in [1.54, 1.807) is 78.9 Å². The number of phenols is 2. The summed E-state index contributed by atoms with van der Waals surface area (Å²) in [5.74, 6) is -1.04. The van der Waals surface area contributed by atoms with Gasteiger partial charge >= 0.3 is 0 Å². The molecule has 0 amide bonds. The molecule has 0 saturated heterocycles. The molecule has 0 aliphatic rings. The van der Waals surface area contributed by atoms with Crippen LogP contribution in [0.5, 0.6) is 11.5 Å². The van der Waals surface area contributed by atoms with Crippen LogP contribution in [0.4, 0.5) is 8.78 Å². The molecule has 12 heteroatoms. The van der Waals surface area contributed by atoms with Gasteiger partial charge in [0.15, 0.2) is 11.7 Å². The third kappa shape index (κ3) is 8.10. The maximum atomic E-state index is 14.7. The minimum absolute atomic E-state index is 0.0115. The maximum absolute atomic E-state index is 14.7. The van der Waals surface area contributed by atoms with Gasteiger partial charge in [-0.2, -0.15) is 0 Å². The van der Waals surface area contributed by atoms with Gasteiger partial charge in [0, 0.05) is 32.8 Å². The van der Waals surface area contributed by atoms with Crippen LogP contribution >= 0.6 is 23.2 Å². The SMILES string of the molecule is Cc1cc(C(N)=NO)c(-c2ccc(Cl)c(F)c2)c(-c2ccc(O)cc2)c1.Cc1cc(C(N)=NO)c(-c2ccc(Cl)cc2F)c(-c2ccc(O)cc2)c1. The van der Waals surface area contributed by atoms with Crippen LogP contribution in [0.15, 0.2) is 120 Å². The van der Waals surface area contributed by atoms with Crippen LogP contribution < -0.4 is 11.5 Å². The number of aromatic hydroxyl groups is 2. The van der Waals surface area contributed by atoms with E-state index in [1.165, 1.54) is 18.2 Å². The Labute approximate surface area is 308 Å². The molecule has 0 atom stereocenters. The molecule has 6 rings (SSSR count). The smallest absolute Gasteiger partial charge is 0.170 e. The number of rotatable bonds is 6. The lowest BCUT2D eigenvalue weighted by Gasteiger charge is -2.17. The van der Waals surface area contributed by atoms with Gasteiger partial charge in [-0.15, -0.1) is 0 Å². The Hall–Kier alpha value is -6.10. The summed E-state index contributed by atoms with van der Waals surface area (Å²) >= 11 is 11.7. The molecule has 0 aromatic heterocycles. The van der Waals surface area contributed by atoms with E-state index in [0.717, 1.165) is 27.8 Å². The first-order valence-corrected chi connectivity index (χ1v) is 16.3. The molecular formula is C40H32Cl2F2N4O4. The first-order chi connectivity index (χ1) is 24.8.